The molecular weight excluding hydrogens is 306 g/mol. The zero-order valence-electron chi connectivity index (χ0n) is 10.3. The monoisotopic (exact) mass is 317 g/mol. The Balaban J connectivity index is 2.15. The molecule has 0 saturated heterocycles. The molecule has 1 aromatic carbocycles. The molecule has 0 aliphatic carbocycles. The number of halogens is 1. The van der Waals surface area contributed by atoms with Crippen LogP contribution in [-0.4, -0.2) is 17.9 Å². The van der Waals surface area contributed by atoms with Crippen LogP contribution in [0.2, 0.25) is 0 Å². The van der Waals surface area contributed by atoms with Crippen molar-refractivity contribution < 1.29 is 9.53 Å². The molecule has 19 heavy (non-hydrogen) atoms. The van der Waals surface area contributed by atoms with E-state index < -0.39 is 0 Å². The number of methoxy groups -OCH3 is 1. The lowest BCUT2D eigenvalue weighted by Gasteiger charge is -2.03. The van der Waals surface area contributed by atoms with E-state index in [0.29, 0.717) is 5.56 Å². The number of carbonyl (C=O) groups is 1. The van der Waals surface area contributed by atoms with E-state index in [1.807, 2.05) is 18.2 Å². The molecule has 3 nitrogen and oxygen atoms in total. The summed E-state index contributed by atoms with van der Waals surface area (Å²) in [7, 11) is 1.61. The van der Waals surface area contributed by atoms with Crippen molar-refractivity contribution in [2.24, 2.45) is 0 Å². The van der Waals surface area contributed by atoms with Gasteiger partial charge in [0.2, 0.25) is 0 Å². The Bertz CT molecular complexity index is 609. The minimum absolute atomic E-state index is 0.0694. The van der Waals surface area contributed by atoms with Gasteiger partial charge in [0.1, 0.15) is 5.75 Å². The van der Waals surface area contributed by atoms with Gasteiger partial charge in [0.15, 0.2) is 5.78 Å². The van der Waals surface area contributed by atoms with E-state index in [-0.39, 0.29) is 5.78 Å². The van der Waals surface area contributed by atoms with Gasteiger partial charge < -0.3 is 4.74 Å². The average molecular weight is 318 g/mol. The molecule has 0 fully saturated rings. The first-order valence-corrected chi connectivity index (χ1v) is 6.46. The Morgan fingerprint density at radius 3 is 2.84 bits per heavy atom. The largest absolute Gasteiger partial charge is 0.496 e. The first kappa shape index (κ1) is 13.5. The topological polar surface area (TPSA) is 39.2 Å². The third-order valence-corrected chi connectivity index (χ3v) is 3.17. The van der Waals surface area contributed by atoms with Crippen molar-refractivity contribution in [1.29, 1.82) is 0 Å². The van der Waals surface area contributed by atoms with E-state index in [0.717, 1.165) is 15.8 Å². The number of hydrogen-bond donors (Lipinski definition) is 0. The van der Waals surface area contributed by atoms with Crippen LogP contribution < -0.4 is 4.74 Å². The lowest BCUT2D eigenvalue weighted by molar-refractivity contribution is 0.104. The fourth-order valence-corrected chi connectivity index (χ4v) is 2.12. The van der Waals surface area contributed by atoms with E-state index in [2.05, 4.69) is 20.9 Å². The summed E-state index contributed by atoms with van der Waals surface area (Å²) in [6.07, 6.45) is 6.49. The van der Waals surface area contributed by atoms with Gasteiger partial charge in [0.25, 0.3) is 0 Å². The smallest absolute Gasteiger partial charge is 0.187 e. The predicted octanol–water partition coefficient (Wildman–Crippen LogP) is 3.75. The summed E-state index contributed by atoms with van der Waals surface area (Å²) < 4.78 is 6.00. The van der Waals surface area contributed by atoms with Crippen molar-refractivity contribution >= 4 is 27.8 Å². The maximum Gasteiger partial charge on any atom is 0.187 e. The number of aromatic nitrogens is 1. The normalized spacial score (nSPS) is 10.6. The Hall–Kier alpha value is -1.94. The van der Waals surface area contributed by atoms with Crippen LogP contribution in [0.1, 0.15) is 15.9 Å². The van der Waals surface area contributed by atoms with Gasteiger partial charge in [-0.1, -0.05) is 12.1 Å². The highest BCUT2D eigenvalue weighted by Crippen LogP contribution is 2.25. The second kappa shape index (κ2) is 6.29. The highest BCUT2D eigenvalue weighted by molar-refractivity contribution is 9.10. The fourth-order valence-electron chi connectivity index (χ4n) is 1.56. The number of nitrogens with zero attached hydrogens (tertiary/aromatic N) is 1. The Labute approximate surface area is 120 Å². The van der Waals surface area contributed by atoms with Gasteiger partial charge in [0.05, 0.1) is 11.6 Å². The molecule has 4 heteroatoms. The maximum absolute atomic E-state index is 11.9. The molecule has 0 saturated carbocycles. The zero-order valence-corrected chi connectivity index (χ0v) is 11.9. The summed E-state index contributed by atoms with van der Waals surface area (Å²) in [4.78, 5) is 15.8. The molecule has 0 N–H and O–H groups in total. The zero-order chi connectivity index (χ0) is 13.7. The Morgan fingerprint density at radius 2 is 2.21 bits per heavy atom. The molecule has 1 aromatic heterocycles. The molecule has 0 unspecified atom stereocenters. The SMILES string of the molecule is COc1ccc(/C=C/C(=O)c2cccnc2)cc1Br. The fraction of sp³-hybridized carbons (Fsp3) is 0.0667. The highest BCUT2D eigenvalue weighted by atomic mass is 79.9. The van der Waals surface area contributed by atoms with E-state index in [1.54, 1.807) is 37.7 Å². The number of allylic oxidation sites excluding steroid dienone is 1. The third-order valence-electron chi connectivity index (χ3n) is 2.55. The molecule has 0 atom stereocenters. The van der Waals surface area contributed by atoms with Crippen molar-refractivity contribution in [3.8, 4) is 5.75 Å². The molecule has 96 valence electrons. The van der Waals surface area contributed by atoms with Crippen LogP contribution in [0.25, 0.3) is 6.08 Å². The Morgan fingerprint density at radius 1 is 1.37 bits per heavy atom. The van der Waals surface area contributed by atoms with E-state index in [4.69, 9.17) is 4.74 Å². The number of rotatable bonds is 4. The van der Waals surface area contributed by atoms with Gasteiger partial charge in [-0.25, -0.2) is 0 Å². The number of benzene rings is 1. The van der Waals surface area contributed by atoms with Crippen LogP contribution in [-0.2, 0) is 0 Å². The first-order valence-electron chi connectivity index (χ1n) is 5.66. The number of ketones is 1. The lowest BCUT2D eigenvalue weighted by atomic mass is 10.1. The third kappa shape index (κ3) is 3.51. The standard InChI is InChI=1S/C15H12BrNO2/c1-19-15-7-5-11(9-13(15)16)4-6-14(18)12-3-2-8-17-10-12/h2-10H,1H3/b6-4+. The van der Waals surface area contributed by atoms with Crippen LogP contribution >= 0.6 is 15.9 Å². The molecule has 0 radical (unpaired) electrons. The molecular formula is C15H12BrNO2. The average Bonchev–Trinajstić information content (AvgIpc) is 2.46. The number of carbonyl (C=O) groups excluding carboxylic acids is 1. The van der Waals surface area contributed by atoms with Gasteiger partial charge in [-0.15, -0.1) is 0 Å². The summed E-state index contributed by atoms with van der Waals surface area (Å²) in [5.74, 6) is 0.691. The van der Waals surface area contributed by atoms with Crippen LogP contribution in [0.3, 0.4) is 0 Å². The quantitative estimate of drug-likeness (QED) is 0.637. The summed E-state index contributed by atoms with van der Waals surface area (Å²) >= 11 is 3.41. The molecule has 0 bridgehead atoms. The minimum Gasteiger partial charge on any atom is -0.496 e. The summed E-state index contributed by atoms with van der Waals surface area (Å²) in [6, 6.07) is 9.11. The highest BCUT2D eigenvalue weighted by Gasteiger charge is 2.02. The maximum atomic E-state index is 11.9. The van der Waals surface area contributed by atoms with Crippen LogP contribution in [0.15, 0.2) is 53.3 Å². The number of hydrogen-bond acceptors (Lipinski definition) is 3. The van der Waals surface area contributed by atoms with Gasteiger partial charge in [-0.2, -0.15) is 0 Å². The minimum atomic E-state index is -0.0694. The van der Waals surface area contributed by atoms with Crippen molar-refractivity contribution in [2.45, 2.75) is 0 Å². The van der Waals surface area contributed by atoms with E-state index in [9.17, 15) is 4.79 Å². The van der Waals surface area contributed by atoms with Crippen LogP contribution in [0, 0.1) is 0 Å². The second-order valence-corrected chi connectivity index (χ2v) is 4.69. The molecule has 1 heterocycles. The predicted molar refractivity (Wildman–Crippen MR) is 78.3 cm³/mol. The molecule has 2 aromatic rings. The van der Waals surface area contributed by atoms with Gasteiger partial charge in [0, 0.05) is 18.0 Å². The molecule has 2 rings (SSSR count). The summed E-state index contributed by atoms with van der Waals surface area (Å²) in [5.41, 5.74) is 1.50. The van der Waals surface area contributed by atoms with Crippen LogP contribution in [0.4, 0.5) is 0 Å². The lowest BCUT2D eigenvalue weighted by Crippen LogP contribution is -1.94. The molecule has 0 aliphatic rings. The van der Waals surface area contributed by atoms with Crippen molar-refractivity contribution in [3.05, 3.63) is 64.4 Å². The molecule has 0 aliphatic heterocycles. The number of ether oxygens (including phenoxy) is 1. The molecule has 0 amide bonds. The van der Waals surface area contributed by atoms with Gasteiger partial charge >= 0.3 is 0 Å². The Kier molecular flexibility index (Phi) is 4.47. The summed E-state index contributed by atoms with van der Waals surface area (Å²) in [6.45, 7) is 0. The van der Waals surface area contributed by atoms with Crippen molar-refractivity contribution in [2.75, 3.05) is 7.11 Å². The molecule has 0 spiro atoms. The van der Waals surface area contributed by atoms with Gasteiger partial charge in [-0.3, -0.25) is 9.78 Å². The van der Waals surface area contributed by atoms with Crippen molar-refractivity contribution in [1.82, 2.24) is 4.98 Å². The summed E-state index contributed by atoms with van der Waals surface area (Å²) in [5, 5.41) is 0. The van der Waals surface area contributed by atoms with E-state index >= 15 is 0 Å². The van der Waals surface area contributed by atoms with Crippen LogP contribution in [0.5, 0.6) is 5.75 Å². The first-order chi connectivity index (χ1) is 9.20. The number of pyridine rings is 1. The van der Waals surface area contributed by atoms with Gasteiger partial charge in [-0.05, 0) is 51.8 Å². The van der Waals surface area contributed by atoms with E-state index in [1.165, 1.54) is 6.08 Å². The van der Waals surface area contributed by atoms with Crippen molar-refractivity contribution in [3.63, 3.8) is 0 Å². The second-order valence-electron chi connectivity index (χ2n) is 3.83.